The fraction of sp³-hybridized carbons (Fsp3) is 0.364. The van der Waals surface area contributed by atoms with Crippen LogP contribution in [0.3, 0.4) is 0 Å². The molecule has 1 heterocycles. The van der Waals surface area contributed by atoms with E-state index in [-0.39, 0.29) is 35.8 Å². The van der Waals surface area contributed by atoms with Crippen LogP contribution in [0.25, 0.3) is 0 Å². The zero-order chi connectivity index (χ0) is 21.8. The van der Waals surface area contributed by atoms with Crippen molar-refractivity contribution in [2.24, 2.45) is 4.99 Å². The monoisotopic (exact) mass is 538 g/mol. The Bertz CT molecular complexity index is 858. The predicted molar refractivity (Wildman–Crippen MR) is 134 cm³/mol. The van der Waals surface area contributed by atoms with Crippen molar-refractivity contribution in [2.45, 2.75) is 13.3 Å². The maximum Gasteiger partial charge on any atom is 0.253 e. The van der Waals surface area contributed by atoms with E-state index in [2.05, 4.69) is 25.9 Å². The topological polar surface area (TPSA) is 98.7 Å². The van der Waals surface area contributed by atoms with Gasteiger partial charge in [0.25, 0.3) is 11.8 Å². The molecule has 3 N–H and O–H groups in total. The van der Waals surface area contributed by atoms with E-state index in [0.29, 0.717) is 36.7 Å². The van der Waals surface area contributed by atoms with Gasteiger partial charge in [0, 0.05) is 58.2 Å². The van der Waals surface area contributed by atoms with Gasteiger partial charge in [0.2, 0.25) is 0 Å². The molecule has 0 radical (unpaired) electrons. The summed E-state index contributed by atoms with van der Waals surface area (Å²) < 4.78 is 0. The second-order valence-electron chi connectivity index (χ2n) is 6.83. The Labute approximate surface area is 200 Å². The van der Waals surface area contributed by atoms with Gasteiger partial charge in [0.05, 0.1) is 5.56 Å². The van der Waals surface area contributed by atoms with E-state index >= 15 is 0 Å². The van der Waals surface area contributed by atoms with Crippen LogP contribution < -0.4 is 16.0 Å². The van der Waals surface area contributed by atoms with Crippen molar-refractivity contribution in [3.8, 4) is 0 Å². The summed E-state index contributed by atoms with van der Waals surface area (Å²) in [5.41, 5.74) is 2.27. The van der Waals surface area contributed by atoms with Gasteiger partial charge in [0.1, 0.15) is 0 Å². The summed E-state index contributed by atoms with van der Waals surface area (Å²) in [6, 6.07) is 11.1. The number of aliphatic imine (C=N–C) groups is 1. The van der Waals surface area contributed by atoms with Crippen molar-refractivity contribution in [1.82, 2.24) is 25.8 Å². The van der Waals surface area contributed by atoms with Crippen molar-refractivity contribution in [3.05, 3.63) is 65.5 Å². The van der Waals surface area contributed by atoms with Crippen LogP contribution in [0.15, 0.2) is 53.8 Å². The number of nitrogens with zero attached hydrogens (tertiary/aromatic N) is 3. The van der Waals surface area contributed by atoms with Gasteiger partial charge in [-0.15, -0.1) is 24.0 Å². The second kappa shape index (κ2) is 14.3. The third-order valence-electron chi connectivity index (χ3n) is 4.22. The van der Waals surface area contributed by atoms with Crippen molar-refractivity contribution < 1.29 is 9.59 Å². The molecule has 9 heteroatoms. The fourth-order valence-corrected chi connectivity index (χ4v) is 2.71. The van der Waals surface area contributed by atoms with Crippen molar-refractivity contribution >= 4 is 41.8 Å². The van der Waals surface area contributed by atoms with Gasteiger partial charge in [-0.25, -0.2) is 0 Å². The SMILES string of the molecule is CCNC(=NCCc1cccc(C(=O)N(C)C)c1)NCCNC(=O)c1cccnc1.I. The number of aromatic nitrogens is 1. The number of benzene rings is 1. The molecule has 0 spiro atoms. The minimum Gasteiger partial charge on any atom is -0.357 e. The Morgan fingerprint density at radius 1 is 1.03 bits per heavy atom. The molecule has 0 unspecified atom stereocenters. The van der Waals surface area contributed by atoms with Crippen molar-refractivity contribution in [3.63, 3.8) is 0 Å². The molecule has 0 aliphatic heterocycles. The number of guanidine groups is 1. The Hall–Kier alpha value is -2.69. The maximum atomic E-state index is 12.1. The minimum atomic E-state index is -0.154. The average Bonchev–Trinajstić information content (AvgIpc) is 2.76. The standard InChI is InChI=1S/C22H30N6O2.HI/c1-4-24-22(27-14-13-25-20(29)19-9-6-11-23-16-19)26-12-10-17-7-5-8-18(15-17)21(30)28(2)3;/h5-9,11,15-16H,4,10,12-14H2,1-3H3,(H,25,29)(H2,24,26,27);1H. The molecule has 0 aliphatic carbocycles. The highest BCUT2D eigenvalue weighted by molar-refractivity contribution is 14.0. The third kappa shape index (κ3) is 9.33. The molecule has 0 fully saturated rings. The van der Waals surface area contributed by atoms with Crippen LogP contribution in [0.1, 0.15) is 33.2 Å². The van der Waals surface area contributed by atoms with Gasteiger partial charge in [-0.05, 0) is 43.2 Å². The highest BCUT2D eigenvalue weighted by Gasteiger charge is 2.08. The molecule has 2 amide bonds. The molecule has 0 bridgehead atoms. The van der Waals surface area contributed by atoms with Crippen LogP contribution in [0, 0.1) is 0 Å². The molecule has 0 saturated carbocycles. The van der Waals surface area contributed by atoms with E-state index in [1.807, 2.05) is 31.2 Å². The van der Waals surface area contributed by atoms with Crippen LogP contribution in [0.2, 0.25) is 0 Å². The van der Waals surface area contributed by atoms with E-state index < -0.39 is 0 Å². The summed E-state index contributed by atoms with van der Waals surface area (Å²) in [5, 5.41) is 9.24. The van der Waals surface area contributed by atoms with Crippen LogP contribution in [0.5, 0.6) is 0 Å². The van der Waals surface area contributed by atoms with Crippen LogP contribution >= 0.6 is 24.0 Å². The lowest BCUT2D eigenvalue weighted by atomic mass is 10.1. The van der Waals surface area contributed by atoms with Crippen LogP contribution in [-0.2, 0) is 6.42 Å². The first kappa shape index (κ1) is 26.3. The second-order valence-corrected chi connectivity index (χ2v) is 6.83. The van der Waals surface area contributed by atoms with Gasteiger partial charge < -0.3 is 20.9 Å². The number of carbonyl (C=O) groups excluding carboxylic acids is 2. The number of carbonyl (C=O) groups is 2. The zero-order valence-electron chi connectivity index (χ0n) is 18.2. The van der Waals surface area contributed by atoms with Gasteiger partial charge in [-0.1, -0.05) is 12.1 Å². The molecule has 8 nitrogen and oxygen atoms in total. The summed E-state index contributed by atoms with van der Waals surface area (Å²) in [6.07, 6.45) is 3.89. The lowest BCUT2D eigenvalue weighted by Gasteiger charge is -2.12. The highest BCUT2D eigenvalue weighted by atomic mass is 127. The summed E-state index contributed by atoms with van der Waals surface area (Å²) in [6.45, 7) is 4.33. The van der Waals surface area contributed by atoms with Gasteiger partial charge in [-0.2, -0.15) is 0 Å². The summed E-state index contributed by atoms with van der Waals surface area (Å²) >= 11 is 0. The number of amides is 2. The predicted octanol–water partition coefficient (Wildman–Crippen LogP) is 1.93. The Morgan fingerprint density at radius 3 is 2.45 bits per heavy atom. The molecule has 1 aromatic heterocycles. The summed E-state index contributed by atoms with van der Waals surface area (Å²) in [7, 11) is 3.49. The van der Waals surface area contributed by atoms with E-state index in [4.69, 9.17) is 0 Å². The minimum absolute atomic E-state index is 0. The lowest BCUT2D eigenvalue weighted by molar-refractivity contribution is 0.0827. The molecular formula is C22H31IN6O2. The van der Waals surface area contributed by atoms with E-state index in [1.165, 1.54) is 6.20 Å². The number of pyridine rings is 1. The zero-order valence-corrected chi connectivity index (χ0v) is 20.6. The van der Waals surface area contributed by atoms with Crippen molar-refractivity contribution in [2.75, 3.05) is 40.3 Å². The molecule has 1 aromatic carbocycles. The number of hydrogen-bond donors (Lipinski definition) is 3. The van der Waals surface area contributed by atoms with Gasteiger partial charge >= 0.3 is 0 Å². The molecule has 0 atom stereocenters. The van der Waals surface area contributed by atoms with E-state index in [1.54, 1.807) is 37.3 Å². The average molecular weight is 538 g/mol. The van der Waals surface area contributed by atoms with Crippen molar-refractivity contribution in [1.29, 1.82) is 0 Å². The van der Waals surface area contributed by atoms with Crippen LogP contribution in [0.4, 0.5) is 0 Å². The van der Waals surface area contributed by atoms with Crippen LogP contribution in [-0.4, -0.2) is 67.9 Å². The largest absolute Gasteiger partial charge is 0.357 e. The number of halogens is 1. The molecule has 168 valence electrons. The number of rotatable bonds is 9. The quantitative estimate of drug-likeness (QED) is 0.196. The molecule has 31 heavy (non-hydrogen) atoms. The van der Waals surface area contributed by atoms with E-state index in [9.17, 15) is 9.59 Å². The third-order valence-corrected chi connectivity index (χ3v) is 4.22. The Balaban J connectivity index is 0.00000480. The Kier molecular flexibility index (Phi) is 12.2. The summed E-state index contributed by atoms with van der Waals surface area (Å²) in [5.74, 6) is 0.524. The number of hydrogen-bond acceptors (Lipinski definition) is 4. The molecule has 2 aromatic rings. The van der Waals surface area contributed by atoms with E-state index in [0.717, 1.165) is 18.5 Å². The first-order valence-electron chi connectivity index (χ1n) is 10.0. The summed E-state index contributed by atoms with van der Waals surface area (Å²) in [4.78, 5) is 34.2. The molecule has 0 saturated heterocycles. The lowest BCUT2D eigenvalue weighted by Crippen LogP contribution is -2.41. The smallest absolute Gasteiger partial charge is 0.253 e. The maximum absolute atomic E-state index is 12.1. The molecule has 2 rings (SSSR count). The first-order valence-corrected chi connectivity index (χ1v) is 10.0. The highest BCUT2D eigenvalue weighted by Crippen LogP contribution is 2.08. The van der Waals surface area contributed by atoms with Gasteiger partial charge in [-0.3, -0.25) is 19.6 Å². The molecule has 0 aliphatic rings. The first-order chi connectivity index (χ1) is 14.5. The number of nitrogens with one attached hydrogen (secondary N) is 3. The fourth-order valence-electron chi connectivity index (χ4n) is 2.71. The van der Waals surface area contributed by atoms with Gasteiger partial charge in [0.15, 0.2) is 5.96 Å². The molecular weight excluding hydrogens is 507 g/mol. The Morgan fingerprint density at radius 2 is 1.77 bits per heavy atom. The normalized spacial score (nSPS) is 10.6.